The van der Waals surface area contributed by atoms with Crippen molar-refractivity contribution in [3.05, 3.63) is 71.3 Å². The topological polar surface area (TPSA) is 38.7 Å². The van der Waals surface area contributed by atoms with Crippen LogP contribution in [0.3, 0.4) is 0 Å². The normalized spacial score (nSPS) is 17.5. The average Bonchev–Trinajstić information content (AvgIpc) is 3.11. The third-order valence-electron chi connectivity index (χ3n) is 4.81. The highest BCUT2D eigenvalue weighted by atomic mass is 16.5. The summed E-state index contributed by atoms with van der Waals surface area (Å²) in [6.45, 7) is 7.43. The van der Waals surface area contributed by atoms with Crippen LogP contribution in [0.2, 0.25) is 0 Å². The third-order valence-corrected chi connectivity index (χ3v) is 4.81. The molecule has 26 heavy (non-hydrogen) atoms. The molecule has 0 radical (unpaired) electrons. The summed E-state index contributed by atoms with van der Waals surface area (Å²) in [4.78, 5) is 0. The zero-order valence-electron chi connectivity index (χ0n) is 15.5. The zero-order valence-corrected chi connectivity index (χ0v) is 15.5. The second-order valence-corrected chi connectivity index (χ2v) is 6.77. The molecule has 1 aliphatic rings. The molecular weight excluding hydrogens is 324 g/mol. The number of benzene rings is 2. The molecule has 0 aliphatic carbocycles. The Kier molecular flexibility index (Phi) is 5.92. The molecule has 1 atom stereocenters. The SMILES string of the molecule is C=C(COC)C1=CCOC1CC/C(C)=C/c1ccc(O)c2ccccc12. The number of ether oxygens (including phenoxy) is 2. The first-order valence-corrected chi connectivity index (χ1v) is 8.96. The summed E-state index contributed by atoms with van der Waals surface area (Å²) in [5, 5.41) is 12.0. The van der Waals surface area contributed by atoms with E-state index in [0.29, 0.717) is 19.0 Å². The summed E-state index contributed by atoms with van der Waals surface area (Å²) in [7, 11) is 1.69. The predicted molar refractivity (Wildman–Crippen MR) is 107 cm³/mol. The first kappa shape index (κ1) is 18.4. The summed E-state index contributed by atoms with van der Waals surface area (Å²) in [5.41, 5.74) is 4.59. The minimum Gasteiger partial charge on any atom is -0.507 e. The van der Waals surface area contributed by atoms with Gasteiger partial charge in [-0.3, -0.25) is 0 Å². The van der Waals surface area contributed by atoms with Gasteiger partial charge < -0.3 is 14.6 Å². The van der Waals surface area contributed by atoms with Gasteiger partial charge in [-0.1, -0.05) is 54.6 Å². The van der Waals surface area contributed by atoms with Gasteiger partial charge in [0, 0.05) is 12.5 Å². The summed E-state index contributed by atoms with van der Waals surface area (Å²) >= 11 is 0. The quantitative estimate of drug-likeness (QED) is 0.740. The van der Waals surface area contributed by atoms with E-state index in [1.807, 2.05) is 30.3 Å². The number of phenols is 1. The predicted octanol–water partition coefficient (Wildman–Crippen LogP) is 5.26. The molecular formula is C23H26O3. The molecule has 0 saturated heterocycles. The first-order valence-electron chi connectivity index (χ1n) is 8.96. The molecule has 3 rings (SSSR count). The maximum Gasteiger partial charge on any atom is 0.123 e. The van der Waals surface area contributed by atoms with E-state index < -0.39 is 0 Å². The molecule has 136 valence electrons. The molecule has 1 unspecified atom stereocenters. The van der Waals surface area contributed by atoms with Gasteiger partial charge in [-0.25, -0.2) is 0 Å². The third kappa shape index (κ3) is 4.06. The molecule has 0 aromatic heterocycles. The molecule has 2 aromatic carbocycles. The lowest BCUT2D eigenvalue weighted by atomic mass is 9.96. The highest BCUT2D eigenvalue weighted by Gasteiger charge is 2.21. The number of allylic oxidation sites excluding steroid dienone is 1. The molecule has 0 fully saturated rings. The van der Waals surface area contributed by atoms with Gasteiger partial charge in [0.25, 0.3) is 0 Å². The fourth-order valence-corrected chi connectivity index (χ4v) is 3.47. The van der Waals surface area contributed by atoms with Crippen molar-refractivity contribution in [3.8, 4) is 5.75 Å². The van der Waals surface area contributed by atoms with Crippen LogP contribution < -0.4 is 0 Å². The Morgan fingerprint density at radius 2 is 2.04 bits per heavy atom. The Balaban J connectivity index is 1.71. The molecule has 3 nitrogen and oxygen atoms in total. The minimum atomic E-state index is 0.0950. The summed E-state index contributed by atoms with van der Waals surface area (Å²) < 4.78 is 11.0. The number of phenolic OH excluding ortho intramolecular Hbond substituents is 1. The van der Waals surface area contributed by atoms with Gasteiger partial charge in [-0.05, 0) is 47.9 Å². The number of fused-ring (bicyclic) bond motifs is 1. The van der Waals surface area contributed by atoms with Crippen LogP contribution in [-0.2, 0) is 9.47 Å². The van der Waals surface area contributed by atoms with Crippen molar-refractivity contribution in [2.24, 2.45) is 0 Å². The monoisotopic (exact) mass is 350 g/mol. The zero-order chi connectivity index (χ0) is 18.5. The molecule has 2 aromatic rings. The van der Waals surface area contributed by atoms with E-state index in [2.05, 4.69) is 25.7 Å². The van der Waals surface area contributed by atoms with Crippen LogP contribution in [0.15, 0.2) is 65.8 Å². The van der Waals surface area contributed by atoms with Gasteiger partial charge in [0.1, 0.15) is 5.75 Å². The van der Waals surface area contributed by atoms with Gasteiger partial charge >= 0.3 is 0 Å². The fourth-order valence-electron chi connectivity index (χ4n) is 3.47. The largest absolute Gasteiger partial charge is 0.507 e. The Labute approximate surface area is 155 Å². The number of aromatic hydroxyl groups is 1. The molecule has 1 N–H and O–H groups in total. The van der Waals surface area contributed by atoms with Crippen molar-refractivity contribution < 1.29 is 14.6 Å². The molecule has 1 heterocycles. The van der Waals surface area contributed by atoms with Crippen molar-refractivity contribution in [2.45, 2.75) is 25.9 Å². The molecule has 0 spiro atoms. The van der Waals surface area contributed by atoms with Crippen LogP contribution in [0.4, 0.5) is 0 Å². The van der Waals surface area contributed by atoms with Crippen LogP contribution in [0.1, 0.15) is 25.3 Å². The van der Waals surface area contributed by atoms with E-state index in [-0.39, 0.29) is 6.10 Å². The molecule has 1 aliphatic heterocycles. The summed E-state index contributed by atoms with van der Waals surface area (Å²) in [6.07, 6.45) is 6.27. The Hall–Kier alpha value is -2.36. The van der Waals surface area contributed by atoms with E-state index in [9.17, 15) is 5.11 Å². The van der Waals surface area contributed by atoms with Crippen molar-refractivity contribution in [1.29, 1.82) is 0 Å². The van der Waals surface area contributed by atoms with Gasteiger partial charge in [0.2, 0.25) is 0 Å². The van der Waals surface area contributed by atoms with Gasteiger partial charge in [-0.2, -0.15) is 0 Å². The van der Waals surface area contributed by atoms with Gasteiger partial charge in [0.05, 0.1) is 19.3 Å². The van der Waals surface area contributed by atoms with E-state index in [4.69, 9.17) is 9.47 Å². The lowest BCUT2D eigenvalue weighted by Crippen LogP contribution is -2.13. The van der Waals surface area contributed by atoms with Crippen LogP contribution in [-0.4, -0.2) is 31.5 Å². The van der Waals surface area contributed by atoms with E-state index in [1.54, 1.807) is 13.2 Å². The molecule has 0 saturated carbocycles. The lowest BCUT2D eigenvalue weighted by molar-refractivity contribution is 0.115. The smallest absolute Gasteiger partial charge is 0.123 e. The van der Waals surface area contributed by atoms with Crippen LogP contribution in [0, 0.1) is 0 Å². The molecule has 3 heteroatoms. The van der Waals surface area contributed by atoms with Crippen molar-refractivity contribution >= 4 is 16.8 Å². The summed E-state index contributed by atoms with van der Waals surface area (Å²) in [5.74, 6) is 0.321. The fraction of sp³-hybridized carbons (Fsp3) is 0.304. The van der Waals surface area contributed by atoms with E-state index in [1.165, 1.54) is 11.1 Å². The van der Waals surface area contributed by atoms with Gasteiger partial charge in [0.15, 0.2) is 0 Å². The lowest BCUT2D eigenvalue weighted by Gasteiger charge is -2.16. The maximum absolute atomic E-state index is 10.0. The van der Waals surface area contributed by atoms with Crippen LogP contribution in [0.5, 0.6) is 5.75 Å². The van der Waals surface area contributed by atoms with E-state index >= 15 is 0 Å². The highest BCUT2D eigenvalue weighted by molar-refractivity contribution is 5.94. The van der Waals surface area contributed by atoms with Crippen LogP contribution in [0.25, 0.3) is 16.8 Å². The second-order valence-electron chi connectivity index (χ2n) is 6.77. The Bertz CT molecular complexity index is 861. The van der Waals surface area contributed by atoms with Crippen molar-refractivity contribution in [3.63, 3.8) is 0 Å². The Morgan fingerprint density at radius 1 is 1.27 bits per heavy atom. The Morgan fingerprint density at radius 3 is 2.81 bits per heavy atom. The minimum absolute atomic E-state index is 0.0950. The summed E-state index contributed by atoms with van der Waals surface area (Å²) in [6, 6.07) is 11.7. The maximum atomic E-state index is 10.0. The highest BCUT2D eigenvalue weighted by Crippen LogP contribution is 2.30. The standard InChI is InChI=1S/C23H26O3/c1-16(8-11-23-19(12-13-26-23)17(2)15-25-3)14-18-9-10-22(24)21-7-5-4-6-20(18)21/h4-7,9-10,12,14,23-24H,2,8,11,13,15H2,1,3H3/b16-14+. The molecule has 0 amide bonds. The van der Waals surface area contributed by atoms with E-state index in [0.717, 1.165) is 34.8 Å². The first-order chi connectivity index (χ1) is 12.6. The number of rotatable bonds is 7. The molecule has 0 bridgehead atoms. The average molecular weight is 350 g/mol. The van der Waals surface area contributed by atoms with Crippen molar-refractivity contribution in [2.75, 3.05) is 20.3 Å². The van der Waals surface area contributed by atoms with Gasteiger partial charge in [-0.15, -0.1) is 0 Å². The van der Waals surface area contributed by atoms with Crippen molar-refractivity contribution in [1.82, 2.24) is 0 Å². The van der Waals surface area contributed by atoms with Crippen LogP contribution >= 0.6 is 0 Å². The number of hydrogen-bond donors (Lipinski definition) is 1. The number of hydrogen-bond acceptors (Lipinski definition) is 3. The number of methoxy groups -OCH3 is 1. The second kappa shape index (κ2) is 8.35.